The van der Waals surface area contributed by atoms with Crippen molar-refractivity contribution in [2.24, 2.45) is 11.7 Å². The molecule has 0 aliphatic rings. The molecule has 26 heavy (non-hydrogen) atoms. The Hall–Kier alpha value is -2.77. The van der Waals surface area contributed by atoms with E-state index in [4.69, 9.17) is 5.73 Å². The van der Waals surface area contributed by atoms with Gasteiger partial charge in [0.2, 0.25) is 0 Å². The number of rotatable bonds is 5. The third-order valence-corrected chi connectivity index (χ3v) is 4.73. The molecule has 0 bridgehead atoms. The van der Waals surface area contributed by atoms with E-state index in [1.54, 1.807) is 11.4 Å². The highest BCUT2D eigenvalue weighted by Gasteiger charge is 2.13. The quantitative estimate of drug-likeness (QED) is 0.619. The van der Waals surface area contributed by atoms with Crippen molar-refractivity contribution in [3.05, 3.63) is 59.6 Å². The van der Waals surface area contributed by atoms with Crippen molar-refractivity contribution in [2.75, 3.05) is 10.6 Å². The van der Waals surface area contributed by atoms with Crippen molar-refractivity contribution < 1.29 is 4.79 Å². The molecule has 0 saturated carbocycles. The van der Waals surface area contributed by atoms with Crippen LogP contribution in [0.1, 0.15) is 25.6 Å². The molecule has 0 fully saturated rings. The highest BCUT2D eigenvalue weighted by molar-refractivity contribution is 7.13. The molecule has 1 unspecified atom stereocenters. The molecule has 7 heteroatoms. The Kier molecular flexibility index (Phi) is 5.60. The summed E-state index contributed by atoms with van der Waals surface area (Å²) in [4.78, 5) is 21.1. The fraction of sp³-hybridized carbons (Fsp3) is 0.211. The fourth-order valence-corrected chi connectivity index (χ4v) is 3.11. The van der Waals surface area contributed by atoms with Gasteiger partial charge >= 0.3 is 6.03 Å². The highest BCUT2D eigenvalue weighted by Crippen LogP contribution is 2.25. The average molecular weight is 367 g/mol. The summed E-state index contributed by atoms with van der Waals surface area (Å²) in [5.41, 5.74) is 7.88. The summed E-state index contributed by atoms with van der Waals surface area (Å²) in [5.74, 6) is 1.22. The predicted octanol–water partition coefficient (Wildman–Crippen LogP) is 4.50. The Balaban J connectivity index is 1.65. The van der Waals surface area contributed by atoms with Gasteiger partial charge < -0.3 is 5.73 Å². The van der Waals surface area contributed by atoms with Crippen LogP contribution < -0.4 is 16.4 Å². The minimum atomic E-state index is -0.391. The number of carbonyl (C=O) groups excluding carboxylic acids is 1. The number of thiazole rings is 1. The number of hydrogen-bond donors (Lipinski definition) is 3. The first-order valence-corrected chi connectivity index (χ1v) is 9.22. The number of urea groups is 1. The lowest BCUT2D eigenvalue weighted by Crippen LogP contribution is -2.22. The van der Waals surface area contributed by atoms with Crippen LogP contribution in [0.2, 0.25) is 0 Å². The van der Waals surface area contributed by atoms with Crippen LogP contribution >= 0.6 is 11.3 Å². The maximum absolute atomic E-state index is 12.2. The molecule has 3 aromatic rings. The Morgan fingerprint density at radius 3 is 2.46 bits per heavy atom. The first-order valence-electron chi connectivity index (χ1n) is 8.34. The van der Waals surface area contributed by atoms with Gasteiger partial charge in [-0.25, -0.2) is 14.8 Å². The van der Waals surface area contributed by atoms with E-state index < -0.39 is 6.03 Å². The van der Waals surface area contributed by atoms with Crippen molar-refractivity contribution in [3.63, 3.8) is 0 Å². The monoisotopic (exact) mass is 367 g/mol. The van der Waals surface area contributed by atoms with Crippen LogP contribution in [-0.2, 0) is 0 Å². The fourth-order valence-electron chi connectivity index (χ4n) is 2.36. The van der Waals surface area contributed by atoms with Gasteiger partial charge in [0, 0.05) is 17.0 Å². The molecule has 134 valence electrons. The van der Waals surface area contributed by atoms with Crippen molar-refractivity contribution in [1.82, 2.24) is 9.97 Å². The molecule has 1 atom stereocenters. The standard InChI is InChI=1S/C19H21N5OS/c1-12(2)17(20)14-9-6-10-15(21-14)23-19(25)24-16-11-26-18(22-16)13-7-4-3-5-8-13/h3-12,17H,20H2,1-2H3,(H2,21,23,24,25). The number of hydrogen-bond acceptors (Lipinski definition) is 5. The number of amides is 2. The summed E-state index contributed by atoms with van der Waals surface area (Å²) < 4.78 is 0. The number of nitrogens with two attached hydrogens (primary N) is 1. The SMILES string of the molecule is CC(C)C(N)c1cccc(NC(=O)Nc2csc(-c3ccccc3)n2)n1. The van der Waals surface area contributed by atoms with Gasteiger partial charge in [0.15, 0.2) is 0 Å². The molecule has 6 nitrogen and oxygen atoms in total. The summed E-state index contributed by atoms with van der Waals surface area (Å²) in [7, 11) is 0. The van der Waals surface area contributed by atoms with Crippen molar-refractivity contribution >= 4 is 29.0 Å². The Bertz CT molecular complexity index is 878. The van der Waals surface area contributed by atoms with Crippen LogP contribution in [0.3, 0.4) is 0 Å². The van der Waals surface area contributed by atoms with Gasteiger partial charge in [-0.1, -0.05) is 50.2 Å². The second-order valence-electron chi connectivity index (χ2n) is 6.20. The van der Waals surface area contributed by atoms with Gasteiger partial charge in [0.1, 0.15) is 16.6 Å². The summed E-state index contributed by atoms with van der Waals surface area (Å²) >= 11 is 1.47. The zero-order valence-electron chi connectivity index (χ0n) is 14.6. The first-order chi connectivity index (χ1) is 12.5. The average Bonchev–Trinajstić information content (AvgIpc) is 3.10. The predicted molar refractivity (Wildman–Crippen MR) is 106 cm³/mol. The van der Waals surface area contributed by atoms with E-state index in [-0.39, 0.29) is 12.0 Å². The lowest BCUT2D eigenvalue weighted by molar-refractivity contribution is 0.262. The number of aromatic nitrogens is 2. The largest absolute Gasteiger partial charge is 0.326 e. The van der Waals surface area contributed by atoms with Gasteiger partial charge in [0.25, 0.3) is 0 Å². The summed E-state index contributed by atoms with van der Waals surface area (Å²) in [6.45, 7) is 4.07. The molecule has 2 amide bonds. The van der Waals surface area contributed by atoms with Crippen molar-refractivity contribution in [3.8, 4) is 10.6 Å². The normalized spacial score (nSPS) is 12.0. The van der Waals surface area contributed by atoms with E-state index in [0.717, 1.165) is 16.3 Å². The maximum atomic E-state index is 12.2. The molecule has 2 aromatic heterocycles. The number of pyridine rings is 1. The molecule has 0 radical (unpaired) electrons. The second kappa shape index (κ2) is 8.07. The summed E-state index contributed by atoms with van der Waals surface area (Å²) in [5, 5.41) is 8.11. The Morgan fingerprint density at radius 1 is 1.00 bits per heavy atom. The molecule has 0 spiro atoms. The van der Waals surface area contributed by atoms with E-state index in [0.29, 0.717) is 11.6 Å². The highest BCUT2D eigenvalue weighted by atomic mass is 32.1. The van der Waals surface area contributed by atoms with Gasteiger partial charge in [-0.05, 0) is 18.1 Å². The van der Waals surface area contributed by atoms with Crippen LogP contribution in [0.25, 0.3) is 10.6 Å². The van der Waals surface area contributed by atoms with Gasteiger partial charge in [-0.15, -0.1) is 11.3 Å². The van der Waals surface area contributed by atoms with E-state index in [2.05, 4.69) is 20.6 Å². The molecule has 1 aromatic carbocycles. The molecule has 4 N–H and O–H groups in total. The third-order valence-electron chi connectivity index (χ3n) is 3.84. The Morgan fingerprint density at radius 2 is 1.73 bits per heavy atom. The van der Waals surface area contributed by atoms with Crippen LogP contribution in [0.5, 0.6) is 0 Å². The third kappa shape index (κ3) is 4.44. The minimum Gasteiger partial charge on any atom is -0.322 e. The summed E-state index contributed by atoms with van der Waals surface area (Å²) in [6.07, 6.45) is 0. The molecule has 0 aliphatic heterocycles. The Labute approximate surface area is 156 Å². The molecular formula is C19H21N5OS. The smallest absolute Gasteiger partial charge is 0.322 e. The van der Waals surface area contributed by atoms with E-state index >= 15 is 0 Å². The van der Waals surface area contributed by atoms with Crippen LogP contribution in [-0.4, -0.2) is 16.0 Å². The van der Waals surface area contributed by atoms with Gasteiger partial charge in [0.05, 0.1) is 5.69 Å². The minimum absolute atomic E-state index is 0.174. The van der Waals surface area contributed by atoms with Gasteiger partial charge in [-0.3, -0.25) is 10.6 Å². The van der Waals surface area contributed by atoms with Crippen LogP contribution in [0.15, 0.2) is 53.9 Å². The summed E-state index contributed by atoms with van der Waals surface area (Å²) in [6, 6.07) is 14.7. The van der Waals surface area contributed by atoms with Gasteiger partial charge in [-0.2, -0.15) is 0 Å². The zero-order valence-corrected chi connectivity index (χ0v) is 15.5. The molecule has 0 saturated heterocycles. The molecule has 0 aliphatic carbocycles. The van der Waals surface area contributed by atoms with E-state index in [9.17, 15) is 4.79 Å². The first kappa shape index (κ1) is 18.0. The number of nitrogens with zero attached hydrogens (tertiary/aromatic N) is 2. The van der Waals surface area contributed by atoms with Crippen LogP contribution in [0.4, 0.5) is 16.4 Å². The topological polar surface area (TPSA) is 92.9 Å². The lowest BCUT2D eigenvalue weighted by atomic mass is 10.0. The lowest BCUT2D eigenvalue weighted by Gasteiger charge is -2.15. The maximum Gasteiger partial charge on any atom is 0.326 e. The van der Waals surface area contributed by atoms with Crippen molar-refractivity contribution in [1.29, 1.82) is 0 Å². The van der Waals surface area contributed by atoms with Crippen molar-refractivity contribution in [2.45, 2.75) is 19.9 Å². The number of anilines is 2. The molecular weight excluding hydrogens is 346 g/mol. The molecule has 2 heterocycles. The zero-order chi connectivity index (χ0) is 18.5. The number of carbonyl (C=O) groups is 1. The van der Waals surface area contributed by atoms with Crippen LogP contribution in [0, 0.1) is 5.92 Å². The molecule has 3 rings (SSSR count). The van der Waals surface area contributed by atoms with E-state index in [1.807, 2.05) is 56.3 Å². The van der Waals surface area contributed by atoms with E-state index in [1.165, 1.54) is 11.3 Å². The number of benzene rings is 1. The second-order valence-corrected chi connectivity index (χ2v) is 7.06. The number of nitrogens with one attached hydrogen (secondary N) is 2.